The fourth-order valence-corrected chi connectivity index (χ4v) is 3.42. The summed E-state index contributed by atoms with van der Waals surface area (Å²) in [5.41, 5.74) is 7.07. The molecule has 1 aliphatic carbocycles. The van der Waals surface area contributed by atoms with Gasteiger partial charge in [-0.25, -0.2) is 0 Å². The van der Waals surface area contributed by atoms with Crippen LogP contribution in [-0.2, 0) is 11.3 Å². The van der Waals surface area contributed by atoms with Gasteiger partial charge in [-0.2, -0.15) is 0 Å². The number of carbonyl (C=O) groups is 1. The molecule has 1 aromatic carbocycles. The predicted octanol–water partition coefficient (Wildman–Crippen LogP) is 3.36. The van der Waals surface area contributed by atoms with Crippen molar-refractivity contribution in [1.29, 1.82) is 0 Å². The fourth-order valence-electron chi connectivity index (χ4n) is 2.99. The van der Waals surface area contributed by atoms with Crippen LogP contribution in [0.3, 0.4) is 0 Å². The normalized spacial score (nSPS) is 17.7. The zero-order chi connectivity index (χ0) is 14.4. The molecule has 3 N–H and O–H groups in total. The molecule has 1 aromatic rings. The third-order valence-electron chi connectivity index (χ3n) is 4.32. The van der Waals surface area contributed by atoms with E-state index >= 15 is 0 Å². The summed E-state index contributed by atoms with van der Waals surface area (Å²) in [5.74, 6) is 0.119. The van der Waals surface area contributed by atoms with Crippen LogP contribution in [0.4, 0.5) is 0 Å². The molecule has 1 saturated carbocycles. The molecule has 1 fully saturated rings. The second-order valence-electron chi connectivity index (χ2n) is 5.81. The molecule has 0 spiro atoms. The monoisotopic (exact) mass is 338 g/mol. The molecule has 0 aromatic heterocycles. The molecule has 110 valence electrons. The Labute approximate surface area is 129 Å². The van der Waals surface area contributed by atoms with Gasteiger partial charge in [-0.1, -0.05) is 53.4 Å². The largest absolute Gasteiger partial charge is 0.352 e. The van der Waals surface area contributed by atoms with Crippen LogP contribution in [0.15, 0.2) is 28.7 Å². The van der Waals surface area contributed by atoms with E-state index in [0.29, 0.717) is 19.5 Å². The lowest BCUT2D eigenvalue weighted by atomic mass is 9.71. The summed E-state index contributed by atoms with van der Waals surface area (Å²) in [6.07, 6.45) is 6.43. The molecule has 1 amide bonds. The average Bonchev–Trinajstić information content (AvgIpc) is 2.47. The maximum Gasteiger partial charge on any atom is 0.220 e. The minimum absolute atomic E-state index is 0.0379. The van der Waals surface area contributed by atoms with Crippen LogP contribution in [0.1, 0.15) is 44.1 Å². The summed E-state index contributed by atoms with van der Waals surface area (Å²) < 4.78 is 1.03. The smallest absolute Gasteiger partial charge is 0.220 e. The number of amides is 1. The quantitative estimate of drug-likeness (QED) is 0.864. The average molecular weight is 339 g/mol. The molecule has 0 atom stereocenters. The number of nitrogens with one attached hydrogen (secondary N) is 1. The van der Waals surface area contributed by atoms with E-state index in [4.69, 9.17) is 5.73 Å². The van der Waals surface area contributed by atoms with Crippen LogP contribution in [-0.4, -0.2) is 12.5 Å². The van der Waals surface area contributed by atoms with Crippen molar-refractivity contribution in [2.24, 2.45) is 11.1 Å². The van der Waals surface area contributed by atoms with Crippen molar-refractivity contribution in [2.45, 2.75) is 45.1 Å². The minimum Gasteiger partial charge on any atom is -0.352 e. The molecule has 2 rings (SSSR count). The van der Waals surface area contributed by atoms with Gasteiger partial charge < -0.3 is 11.1 Å². The molecule has 0 unspecified atom stereocenters. The summed E-state index contributed by atoms with van der Waals surface area (Å²) in [4.78, 5) is 12.2. The second-order valence-corrected chi connectivity index (χ2v) is 6.66. The van der Waals surface area contributed by atoms with Gasteiger partial charge in [0, 0.05) is 17.4 Å². The Bertz CT molecular complexity index is 456. The van der Waals surface area contributed by atoms with E-state index in [1.165, 1.54) is 19.3 Å². The van der Waals surface area contributed by atoms with Crippen molar-refractivity contribution in [1.82, 2.24) is 5.32 Å². The predicted molar refractivity (Wildman–Crippen MR) is 85.2 cm³/mol. The number of halogens is 1. The van der Waals surface area contributed by atoms with Gasteiger partial charge in [0.15, 0.2) is 0 Å². The third-order valence-corrected chi connectivity index (χ3v) is 5.09. The van der Waals surface area contributed by atoms with Gasteiger partial charge in [0.2, 0.25) is 5.91 Å². The lowest BCUT2D eigenvalue weighted by Gasteiger charge is -2.35. The van der Waals surface area contributed by atoms with Gasteiger partial charge in [-0.3, -0.25) is 4.79 Å². The molecule has 3 nitrogen and oxygen atoms in total. The maximum absolute atomic E-state index is 12.2. The number of carbonyl (C=O) groups excluding carboxylic acids is 1. The SMILES string of the molecule is NCC1(CC(=O)NCc2ccccc2Br)CCCCC1. The number of hydrogen-bond donors (Lipinski definition) is 2. The molecule has 4 heteroatoms. The van der Waals surface area contributed by atoms with Crippen molar-refractivity contribution < 1.29 is 4.79 Å². The van der Waals surface area contributed by atoms with Gasteiger partial charge >= 0.3 is 0 Å². The van der Waals surface area contributed by atoms with E-state index in [0.717, 1.165) is 22.9 Å². The van der Waals surface area contributed by atoms with Crippen molar-refractivity contribution in [3.8, 4) is 0 Å². The van der Waals surface area contributed by atoms with Crippen molar-refractivity contribution in [3.05, 3.63) is 34.3 Å². The second kappa shape index (κ2) is 7.23. The Morgan fingerprint density at radius 3 is 2.60 bits per heavy atom. The summed E-state index contributed by atoms with van der Waals surface area (Å²) in [5, 5.41) is 3.02. The lowest BCUT2D eigenvalue weighted by Crippen LogP contribution is -2.38. The Morgan fingerprint density at radius 2 is 1.95 bits per heavy atom. The van der Waals surface area contributed by atoms with Crippen LogP contribution >= 0.6 is 15.9 Å². The van der Waals surface area contributed by atoms with Gasteiger partial charge in [0.25, 0.3) is 0 Å². The molecule has 0 bridgehead atoms. The number of nitrogens with two attached hydrogens (primary N) is 1. The number of benzene rings is 1. The highest BCUT2D eigenvalue weighted by Gasteiger charge is 2.32. The molecule has 0 saturated heterocycles. The first-order chi connectivity index (χ1) is 9.65. The highest BCUT2D eigenvalue weighted by Crippen LogP contribution is 2.38. The summed E-state index contributed by atoms with van der Waals surface area (Å²) in [6.45, 7) is 1.19. The molecule has 20 heavy (non-hydrogen) atoms. The Hall–Kier alpha value is -0.870. The van der Waals surface area contributed by atoms with Crippen molar-refractivity contribution in [3.63, 3.8) is 0 Å². The zero-order valence-electron chi connectivity index (χ0n) is 11.8. The van der Waals surface area contributed by atoms with E-state index in [1.807, 2.05) is 24.3 Å². The molecular formula is C16H23BrN2O. The Balaban J connectivity index is 1.87. The van der Waals surface area contributed by atoms with Gasteiger partial charge in [-0.05, 0) is 36.4 Å². The summed E-state index contributed by atoms with van der Waals surface area (Å²) in [7, 11) is 0. The van der Waals surface area contributed by atoms with E-state index in [1.54, 1.807) is 0 Å². The van der Waals surface area contributed by atoms with Crippen LogP contribution in [0.2, 0.25) is 0 Å². The minimum atomic E-state index is 0.0379. The Kier molecular flexibility index (Phi) is 5.61. The maximum atomic E-state index is 12.2. The van der Waals surface area contributed by atoms with Crippen LogP contribution in [0.25, 0.3) is 0 Å². The standard InChI is InChI=1S/C16H23BrN2O/c17-14-7-3-2-6-13(14)11-19-15(20)10-16(12-18)8-4-1-5-9-16/h2-3,6-7H,1,4-5,8-12,18H2,(H,19,20). The van der Waals surface area contributed by atoms with Crippen LogP contribution in [0, 0.1) is 5.41 Å². The summed E-state index contributed by atoms with van der Waals surface area (Å²) in [6, 6.07) is 7.96. The Morgan fingerprint density at radius 1 is 1.25 bits per heavy atom. The van der Waals surface area contributed by atoms with E-state index < -0.39 is 0 Å². The highest BCUT2D eigenvalue weighted by atomic mass is 79.9. The van der Waals surface area contributed by atoms with E-state index in [2.05, 4.69) is 21.2 Å². The number of rotatable bonds is 5. The molecule has 1 aliphatic rings. The van der Waals surface area contributed by atoms with E-state index in [-0.39, 0.29) is 11.3 Å². The van der Waals surface area contributed by atoms with Crippen molar-refractivity contribution >= 4 is 21.8 Å². The van der Waals surface area contributed by atoms with Crippen LogP contribution in [0.5, 0.6) is 0 Å². The fraction of sp³-hybridized carbons (Fsp3) is 0.562. The number of hydrogen-bond acceptors (Lipinski definition) is 2. The molecular weight excluding hydrogens is 316 g/mol. The molecule has 0 radical (unpaired) electrons. The summed E-state index contributed by atoms with van der Waals surface area (Å²) >= 11 is 3.50. The zero-order valence-corrected chi connectivity index (χ0v) is 13.4. The van der Waals surface area contributed by atoms with Gasteiger partial charge in [0.1, 0.15) is 0 Å². The third kappa shape index (κ3) is 4.06. The van der Waals surface area contributed by atoms with Gasteiger partial charge in [0.05, 0.1) is 0 Å². The molecule has 0 heterocycles. The first-order valence-corrected chi connectivity index (χ1v) is 8.15. The first-order valence-electron chi connectivity index (χ1n) is 7.35. The van der Waals surface area contributed by atoms with Crippen molar-refractivity contribution in [2.75, 3.05) is 6.54 Å². The van der Waals surface area contributed by atoms with E-state index in [9.17, 15) is 4.79 Å². The van der Waals surface area contributed by atoms with Crippen LogP contribution < -0.4 is 11.1 Å². The lowest BCUT2D eigenvalue weighted by molar-refractivity contribution is -0.124. The van der Waals surface area contributed by atoms with Gasteiger partial charge in [-0.15, -0.1) is 0 Å². The first kappa shape index (κ1) is 15.5. The molecule has 0 aliphatic heterocycles. The highest BCUT2D eigenvalue weighted by molar-refractivity contribution is 9.10. The topological polar surface area (TPSA) is 55.1 Å².